The predicted molar refractivity (Wildman–Crippen MR) is 87.3 cm³/mol. The quantitative estimate of drug-likeness (QED) is 0.359. The van der Waals surface area contributed by atoms with Crippen molar-refractivity contribution in [1.29, 1.82) is 0 Å². The van der Waals surface area contributed by atoms with Crippen molar-refractivity contribution < 1.29 is 27.1 Å². The maximum Gasteiger partial charge on any atom is 0.573 e. The molecule has 0 aliphatic rings. The third-order valence-electron chi connectivity index (χ3n) is 3.25. The van der Waals surface area contributed by atoms with Gasteiger partial charge in [0.1, 0.15) is 11.6 Å². The van der Waals surface area contributed by atoms with Crippen molar-refractivity contribution in [2.75, 3.05) is 5.75 Å². The number of aromatic nitrogens is 4. The number of rotatable bonds is 6. The first-order chi connectivity index (χ1) is 12.8. The van der Waals surface area contributed by atoms with Gasteiger partial charge in [0, 0.05) is 5.56 Å². The lowest BCUT2D eigenvalue weighted by molar-refractivity contribution is -0.274. The summed E-state index contributed by atoms with van der Waals surface area (Å²) in [6.45, 7) is 0. The van der Waals surface area contributed by atoms with E-state index in [1.807, 2.05) is 0 Å². The fourth-order valence-corrected chi connectivity index (χ4v) is 2.85. The molecule has 0 saturated heterocycles. The summed E-state index contributed by atoms with van der Waals surface area (Å²) in [7, 11) is 0. The third kappa shape index (κ3) is 5.03. The number of ketones is 1. The van der Waals surface area contributed by atoms with Crippen molar-refractivity contribution in [3.8, 4) is 11.4 Å². The molecule has 11 heteroatoms. The lowest BCUT2D eigenvalue weighted by Gasteiger charge is -2.09. The van der Waals surface area contributed by atoms with Gasteiger partial charge in [-0.3, -0.25) is 4.79 Å². The summed E-state index contributed by atoms with van der Waals surface area (Å²) in [5.74, 6) is -1.06. The minimum absolute atomic E-state index is 0.00126. The summed E-state index contributed by atoms with van der Waals surface area (Å²) in [6.07, 6.45) is -4.78. The van der Waals surface area contributed by atoms with Gasteiger partial charge in [-0.25, -0.2) is 4.39 Å². The standard InChI is InChI=1S/C16H10F4N4O2S/c17-11-3-1-10(2-4-11)14(25)9-27-15-21-22-23-24(15)12-5-7-13(8-6-12)26-16(18,19)20/h1-8H,9H2. The van der Waals surface area contributed by atoms with E-state index in [1.165, 1.54) is 41.1 Å². The molecule has 3 aromatic rings. The molecule has 0 spiro atoms. The van der Waals surface area contributed by atoms with E-state index >= 15 is 0 Å². The molecule has 3 rings (SSSR count). The first-order valence-electron chi connectivity index (χ1n) is 7.38. The van der Waals surface area contributed by atoms with E-state index in [0.717, 1.165) is 23.9 Å². The van der Waals surface area contributed by atoms with Crippen LogP contribution in [-0.2, 0) is 0 Å². The first kappa shape index (κ1) is 18.8. The molecule has 27 heavy (non-hydrogen) atoms. The molecule has 0 aliphatic heterocycles. The minimum atomic E-state index is -4.78. The van der Waals surface area contributed by atoms with Gasteiger partial charge in [-0.05, 0) is 59.0 Å². The van der Waals surface area contributed by atoms with E-state index in [4.69, 9.17) is 0 Å². The molecule has 0 unspecified atom stereocenters. The number of thioether (sulfide) groups is 1. The maximum atomic E-state index is 12.9. The zero-order valence-electron chi connectivity index (χ0n) is 13.4. The summed E-state index contributed by atoms with van der Waals surface area (Å²) >= 11 is 1.04. The molecule has 140 valence electrons. The molecule has 0 amide bonds. The zero-order chi connectivity index (χ0) is 19.4. The molecule has 0 aliphatic carbocycles. The maximum absolute atomic E-state index is 12.9. The molecule has 0 N–H and O–H groups in total. The van der Waals surface area contributed by atoms with E-state index in [2.05, 4.69) is 20.3 Å². The number of alkyl halides is 3. The number of hydrogen-bond donors (Lipinski definition) is 0. The fourth-order valence-electron chi connectivity index (χ4n) is 2.07. The van der Waals surface area contributed by atoms with Crippen LogP contribution in [0, 0.1) is 5.82 Å². The molecule has 0 radical (unpaired) electrons. The number of tetrazole rings is 1. The average Bonchev–Trinajstić information content (AvgIpc) is 3.08. The lowest BCUT2D eigenvalue weighted by atomic mass is 10.1. The minimum Gasteiger partial charge on any atom is -0.406 e. The zero-order valence-corrected chi connectivity index (χ0v) is 14.2. The summed E-state index contributed by atoms with van der Waals surface area (Å²) in [5.41, 5.74) is 0.739. The van der Waals surface area contributed by atoms with E-state index in [9.17, 15) is 22.4 Å². The molecule has 0 saturated carbocycles. The number of benzene rings is 2. The van der Waals surface area contributed by atoms with Gasteiger partial charge in [0.2, 0.25) is 5.16 Å². The summed E-state index contributed by atoms with van der Waals surface area (Å²) in [4.78, 5) is 12.1. The topological polar surface area (TPSA) is 69.9 Å². The van der Waals surface area contributed by atoms with Crippen molar-refractivity contribution in [3.63, 3.8) is 0 Å². The van der Waals surface area contributed by atoms with Crippen LogP contribution in [-0.4, -0.2) is 38.1 Å². The van der Waals surface area contributed by atoms with Crippen LogP contribution in [0.5, 0.6) is 5.75 Å². The van der Waals surface area contributed by atoms with Gasteiger partial charge in [-0.1, -0.05) is 11.8 Å². The highest BCUT2D eigenvalue weighted by atomic mass is 32.2. The first-order valence-corrected chi connectivity index (χ1v) is 8.36. The van der Waals surface area contributed by atoms with Crippen molar-refractivity contribution in [3.05, 3.63) is 59.9 Å². The SMILES string of the molecule is O=C(CSc1nnnn1-c1ccc(OC(F)(F)F)cc1)c1ccc(F)cc1. The number of carbonyl (C=O) groups is 1. The molecule has 0 fully saturated rings. The van der Waals surface area contributed by atoms with Gasteiger partial charge in [0.25, 0.3) is 0 Å². The van der Waals surface area contributed by atoms with Crippen molar-refractivity contribution in [1.82, 2.24) is 20.2 Å². The normalized spacial score (nSPS) is 11.4. The van der Waals surface area contributed by atoms with E-state index in [-0.39, 0.29) is 22.4 Å². The van der Waals surface area contributed by atoms with Crippen LogP contribution in [0.1, 0.15) is 10.4 Å². The number of carbonyl (C=O) groups excluding carboxylic acids is 1. The van der Waals surface area contributed by atoms with E-state index < -0.39 is 12.2 Å². The van der Waals surface area contributed by atoms with Crippen molar-refractivity contribution in [2.24, 2.45) is 0 Å². The summed E-state index contributed by atoms with van der Waals surface area (Å²) in [5, 5.41) is 11.3. The Morgan fingerprint density at radius 2 is 1.74 bits per heavy atom. The van der Waals surface area contributed by atoms with Crippen LogP contribution in [0.2, 0.25) is 0 Å². The Balaban J connectivity index is 1.68. The Morgan fingerprint density at radius 3 is 2.37 bits per heavy atom. The van der Waals surface area contributed by atoms with Crippen LogP contribution in [0.25, 0.3) is 5.69 Å². The smallest absolute Gasteiger partial charge is 0.406 e. The number of halogens is 4. The van der Waals surface area contributed by atoms with Gasteiger partial charge in [0.15, 0.2) is 5.78 Å². The van der Waals surface area contributed by atoms with Gasteiger partial charge >= 0.3 is 6.36 Å². The molecule has 0 bridgehead atoms. The molecule has 1 heterocycles. The Morgan fingerprint density at radius 1 is 1.07 bits per heavy atom. The predicted octanol–water partition coefficient (Wildman–Crippen LogP) is 3.68. The highest BCUT2D eigenvalue weighted by Gasteiger charge is 2.31. The second kappa shape index (κ2) is 7.74. The highest BCUT2D eigenvalue weighted by Crippen LogP contribution is 2.25. The van der Waals surface area contributed by atoms with Gasteiger partial charge in [0.05, 0.1) is 11.4 Å². The van der Waals surface area contributed by atoms with Crippen molar-refractivity contribution in [2.45, 2.75) is 11.5 Å². The van der Waals surface area contributed by atoms with Crippen LogP contribution >= 0.6 is 11.8 Å². The third-order valence-corrected chi connectivity index (χ3v) is 4.17. The van der Waals surface area contributed by atoms with Crippen LogP contribution in [0.3, 0.4) is 0 Å². The second-order valence-electron chi connectivity index (χ2n) is 5.13. The summed E-state index contributed by atoms with van der Waals surface area (Å²) < 4.78 is 54.6. The molecule has 2 aromatic carbocycles. The monoisotopic (exact) mass is 398 g/mol. The Labute approximate surface area is 154 Å². The van der Waals surface area contributed by atoms with Gasteiger partial charge in [-0.2, -0.15) is 4.68 Å². The fraction of sp³-hybridized carbons (Fsp3) is 0.125. The number of Topliss-reactive ketones (excluding diaryl/α,β-unsaturated/α-hetero) is 1. The number of nitrogens with zero attached hydrogens (tertiary/aromatic N) is 4. The van der Waals surface area contributed by atoms with Crippen LogP contribution < -0.4 is 4.74 Å². The molecule has 6 nitrogen and oxygen atoms in total. The second-order valence-corrected chi connectivity index (χ2v) is 6.08. The van der Waals surface area contributed by atoms with E-state index in [1.54, 1.807) is 0 Å². The number of ether oxygens (including phenoxy) is 1. The average molecular weight is 398 g/mol. The Kier molecular flexibility index (Phi) is 5.40. The highest BCUT2D eigenvalue weighted by molar-refractivity contribution is 7.99. The molecular formula is C16H10F4N4O2S. The van der Waals surface area contributed by atoms with E-state index in [0.29, 0.717) is 11.3 Å². The molecule has 1 aromatic heterocycles. The largest absolute Gasteiger partial charge is 0.573 e. The Hall–Kier alpha value is -2.95. The Bertz CT molecular complexity index is 927. The lowest BCUT2D eigenvalue weighted by Crippen LogP contribution is -2.17. The summed E-state index contributed by atoms with van der Waals surface area (Å²) in [6, 6.07) is 10.1. The molecular weight excluding hydrogens is 388 g/mol. The number of hydrogen-bond acceptors (Lipinski definition) is 6. The molecule has 0 atom stereocenters. The van der Waals surface area contributed by atoms with Gasteiger partial charge in [-0.15, -0.1) is 18.3 Å². The van der Waals surface area contributed by atoms with Crippen LogP contribution in [0.4, 0.5) is 17.6 Å². The van der Waals surface area contributed by atoms with Crippen molar-refractivity contribution >= 4 is 17.5 Å². The van der Waals surface area contributed by atoms with Gasteiger partial charge < -0.3 is 4.74 Å². The van der Waals surface area contributed by atoms with Crippen LogP contribution in [0.15, 0.2) is 53.7 Å².